The van der Waals surface area contributed by atoms with E-state index < -0.39 is 0 Å². The summed E-state index contributed by atoms with van der Waals surface area (Å²) in [6.07, 6.45) is 5.15. The van der Waals surface area contributed by atoms with Crippen molar-refractivity contribution in [3.05, 3.63) is 34.9 Å². The van der Waals surface area contributed by atoms with E-state index in [1.54, 1.807) is 12.7 Å². The molecule has 2 nitrogen and oxygen atoms in total. The van der Waals surface area contributed by atoms with Gasteiger partial charge in [0, 0.05) is 6.54 Å². The van der Waals surface area contributed by atoms with Gasteiger partial charge in [-0.3, -0.25) is 0 Å². The highest BCUT2D eigenvalue weighted by Gasteiger charge is 2.11. The lowest BCUT2D eigenvalue weighted by molar-refractivity contribution is 0.0865. The first kappa shape index (κ1) is 12.5. The van der Waals surface area contributed by atoms with Crippen molar-refractivity contribution in [1.29, 1.82) is 0 Å². The molecule has 2 rings (SSSR count). The molecule has 1 aliphatic rings. The predicted octanol–water partition coefficient (Wildman–Crippen LogP) is 2.64. The second-order valence-electron chi connectivity index (χ2n) is 3.79. The smallest absolute Gasteiger partial charge is 0.0572 e. The lowest BCUT2D eigenvalue weighted by atomic mass is 9.88. The standard InChI is InChI=1S/C12H17NO.ClH/c1-14-13-9-11-7-4-6-10-5-2-3-8-12(10)11;/h4,6-7,13H,2-3,5,8-9H2,1H3;1H. The summed E-state index contributed by atoms with van der Waals surface area (Å²) in [7, 11) is 1.66. The summed E-state index contributed by atoms with van der Waals surface area (Å²) < 4.78 is 0. The third-order valence-electron chi connectivity index (χ3n) is 2.90. The number of nitrogens with one attached hydrogen (secondary N) is 1. The molecule has 1 aromatic rings. The van der Waals surface area contributed by atoms with Gasteiger partial charge < -0.3 is 4.84 Å². The summed E-state index contributed by atoms with van der Waals surface area (Å²) in [5.41, 5.74) is 7.39. The summed E-state index contributed by atoms with van der Waals surface area (Å²) in [5.74, 6) is 0. The SMILES string of the molecule is CONCc1cccc2c1CCCC2.Cl. The third kappa shape index (κ3) is 2.94. The maximum Gasteiger partial charge on any atom is 0.0572 e. The summed E-state index contributed by atoms with van der Waals surface area (Å²) in [6, 6.07) is 6.60. The highest BCUT2D eigenvalue weighted by molar-refractivity contribution is 5.85. The number of halogens is 1. The topological polar surface area (TPSA) is 21.3 Å². The second-order valence-corrected chi connectivity index (χ2v) is 3.79. The first-order valence-corrected chi connectivity index (χ1v) is 5.27. The molecular formula is C12H18ClNO. The summed E-state index contributed by atoms with van der Waals surface area (Å²) in [4.78, 5) is 4.89. The Balaban J connectivity index is 0.00000112. The van der Waals surface area contributed by atoms with Crippen molar-refractivity contribution >= 4 is 12.4 Å². The molecule has 0 amide bonds. The molecule has 3 heteroatoms. The summed E-state index contributed by atoms with van der Waals surface area (Å²) >= 11 is 0. The van der Waals surface area contributed by atoms with Gasteiger partial charge in [-0.05, 0) is 42.4 Å². The Hall–Kier alpha value is -0.570. The number of hydrogen-bond donors (Lipinski definition) is 1. The Kier molecular flexibility index (Phi) is 5.09. The molecule has 0 heterocycles. The molecule has 0 aromatic heterocycles. The van der Waals surface area contributed by atoms with Gasteiger partial charge in [-0.15, -0.1) is 12.4 Å². The quantitative estimate of drug-likeness (QED) is 0.802. The fourth-order valence-electron chi connectivity index (χ4n) is 2.18. The van der Waals surface area contributed by atoms with Crippen LogP contribution in [0.15, 0.2) is 18.2 Å². The minimum Gasteiger partial charge on any atom is -0.305 e. The molecule has 0 spiro atoms. The van der Waals surface area contributed by atoms with Crippen molar-refractivity contribution < 1.29 is 4.84 Å². The maximum absolute atomic E-state index is 4.89. The van der Waals surface area contributed by atoms with Crippen LogP contribution in [-0.2, 0) is 24.2 Å². The molecule has 0 saturated carbocycles. The number of aryl methyl sites for hydroxylation is 1. The second kappa shape index (κ2) is 6.11. The maximum atomic E-state index is 4.89. The Morgan fingerprint density at radius 1 is 1.27 bits per heavy atom. The van der Waals surface area contributed by atoms with Crippen molar-refractivity contribution in [2.24, 2.45) is 0 Å². The van der Waals surface area contributed by atoms with Crippen molar-refractivity contribution in [3.63, 3.8) is 0 Å². The Morgan fingerprint density at radius 2 is 2.07 bits per heavy atom. The molecule has 0 radical (unpaired) electrons. The summed E-state index contributed by atoms with van der Waals surface area (Å²) in [5, 5.41) is 0. The highest BCUT2D eigenvalue weighted by atomic mass is 35.5. The molecule has 1 N–H and O–H groups in total. The molecule has 84 valence electrons. The first-order valence-electron chi connectivity index (χ1n) is 5.27. The van der Waals surface area contributed by atoms with Gasteiger partial charge >= 0.3 is 0 Å². The molecule has 0 fully saturated rings. The fraction of sp³-hybridized carbons (Fsp3) is 0.500. The van der Waals surface area contributed by atoms with Gasteiger partial charge in [-0.2, -0.15) is 5.48 Å². The van der Waals surface area contributed by atoms with Crippen molar-refractivity contribution in [2.45, 2.75) is 32.2 Å². The largest absolute Gasteiger partial charge is 0.305 e. The van der Waals surface area contributed by atoms with Gasteiger partial charge in [0.1, 0.15) is 0 Å². The van der Waals surface area contributed by atoms with Crippen LogP contribution in [0.2, 0.25) is 0 Å². The van der Waals surface area contributed by atoms with E-state index >= 15 is 0 Å². The van der Waals surface area contributed by atoms with Crippen molar-refractivity contribution in [3.8, 4) is 0 Å². The zero-order chi connectivity index (χ0) is 9.80. The van der Waals surface area contributed by atoms with Crippen LogP contribution in [0.3, 0.4) is 0 Å². The van der Waals surface area contributed by atoms with Gasteiger partial charge in [0.2, 0.25) is 0 Å². The fourth-order valence-corrected chi connectivity index (χ4v) is 2.18. The number of benzene rings is 1. The Labute approximate surface area is 97.4 Å². The van der Waals surface area contributed by atoms with E-state index in [0.29, 0.717) is 0 Å². The molecule has 0 bridgehead atoms. The average molecular weight is 228 g/mol. The van der Waals surface area contributed by atoms with Crippen LogP contribution < -0.4 is 5.48 Å². The zero-order valence-corrected chi connectivity index (χ0v) is 9.90. The zero-order valence-electron chi connectivity index (χ0n) is 9.08. The van der Waals surface area contributed by atoms with Crippen LogP contribution in [0.4, 0.5) is 0 Å². The third-order valence-corrected chi connectivity index (χ3v) is 2.90. The highest BCUT2D eigenvalue weighted by Crippen LogP contribution is 2.24. The number of hydroxylamine groups is 1. The van der Waals surface area contributed by atoms with Crippen molar-refractivity contribution in [2.75, 3.05) is 7.11 Å². The summed E-state index contributed by atoms with van der Waals surface area (Å²) in [6.45, 7) is 0.819. The molecule has 0 atom stereocenters. The van der Waals surface area contributed by atoms with Gasteiger partial charge in [0.05, 0.1) is 7.11 Å². The van der Waals surface area contributed by atoms with E-state index in [0.717, 1.165) is 6.54 Å². The lowest BCUT2D eigenvalue weighted by Crippen LogP contribution is -2.14. The average Bonchev–Trinajstić information content (AvgIpc) is 2.26. The van der Waals surface area contributed by atoms with Crippen LogP contribution in [0.1, 0.15) is 29.5 Å². The van der Waals surface area contributed by atoms with E-state index in [9.17, 15) is 0 Å². The molecule has 1 aromatic carbocycles. The van der Waals surface area contributed by atoms with Crippen LogP contribution in [-0.4, -0.2) is 7.11 Å². The normalized spacial score (nSPS) is 14.2. The van der Waals surface area contributed by atoms with E-state index in [1.165, 1.54) is 36.8 Å². The van der Waals surface area contributed by atoms with E-state index in [4.69, 9.17) is 4.84 Å². The Bertz CT molecular complexity index is 314. The van der Waals surface area contributed by atoms with Gasteiger partial charge in [0.15, 0.2) is 0 Å². The van der Waals surface area contributed by atoms with Crippen LogP contribution in [0, 0.1) is 0 Å². The van der Waals surface area contributed by atoms with Gasteiger partial charge in [0.25, 0.3) is 0 Å². The van der Waals surface area contributed by atoms with Gasteiger partial charge in [-0.1, -0.05) is 18.2 Å². The van der Waals surface area contributed by atoms with Crippen molar-refractivity contribution in [1.82, 2.24) is 5.48 Å². The number of rotatable bonds is 3. The first-order chi connectivity index (χ1) is 6.92. The van der Waals surface area contributed by atoms with E-state index in [1.807, 2.05) is 0 Å². The van der Waals surface area contributed by atoms with Crippen LogP contribution in [0.25, 0.3) is 0 Å². The van der Waals surface area contributed by atoms with Crippen LogP contribution in [0.5, 0.6) is 0 Å². The van der Waals surface area contributed by atoms with Gasteiger partial charge in [-0.25, -0.2) is 0 Å². The number of fused-ring (bicyclic) bond motifs is 1. The molecule has 0 aliphatic heterocycles. The van der Waals surface area contributed by atoms with Crippen LogP contribution >= 0.6 is 12.4 Å². The lowest BCUT2D eigenvalue weighted by Gasteiger charge is -2.19. The molecule has 0 unspecified atom stereocenters. The van der Waals surface area contributed by atoms with E-state index in [2.05, 4.69) is 23.7 Å². The number of hydrogen-bond acceptors (Lipinski definition) is 2. The van der Waals surface area contributed by atoms with E-state index in [-0.39, 0.29) is 12.4 Å². The predicted molar refractivity (Wildman–Crippen MR) is 64.2 cm³/mol. The minimum absolute atomic E-state index is 0. The minimum atomic E-state index is 0. The molecule has 1 aliphatic carbocycles. The molecular weight excluding hydrogens is 210 g/mol. The molecule has 0 saturated heterocycles. The molecule has 15 heavy (non-hydrogen) atoms. The monoisotopic (exact) mass is 227 g/mol. The Morgan fingerprint density at radius 3 is 2.87 bits per heavy atom.